The van der Waals surface area contributed by atoms with E-state index in [9.17, 15) is 9.59 Å². The number of carboxylic acid groups (broad SMARTS) is 1. The second kappa shape index (κ2) is 7.32. The number of methoxy groups -OCH3 is 1. The van der Waals surface area contributed by atoms with Crippen LogP contribution in [-0.2, 0) is 11.3 Å². The first-order chi connectivity index (χ1) is 9.43. The Morgan fingerprint density at radius 2 is 2.10 bits per heavy atom. The quantitative estimate of drug-likeness (QED) is 0.722. The number of carboxylic acids is 1. The van der Waals surface area contributed by atoms with Crippen molar-refractivity contribution in [3.05, 3.63) is 23.9 Å². The summed E-state index contributed by atoms with van der Waals surface area (Å²) in [6.07, 6.45) is 1.58. The van der Waals surface area contributed by atoms with Crippen molar-refractivity contribution < 1.29 is 19.4 Å². The fraction of sp³-hybridized carbons (Fsp3) is 0.462. The van der Waals surface area contributed by atoms with E-state index in [2.05, 4.69) is 15.6 Å². The largest absolute Gasteiger partial charge is 0.481 e. The van der Waals surface area contributed by atoms with Crippen LogP contribution in [0.1, 0.15) is 19.4 Å². The van der Waals surface area contributed by atoms with Crippen molar-refractivity contribution in [3.63, 3.8) is 0 Å². The SMILES string of the molecule is COc1ccc(CNC(=O)N[C@@H](C(=O)O)C(C)C)cn1. The maximum Gasteiger partial charge on any atom is 0.326 e. The third kappa shape index (κ3) is 4.75. The average molecular weight is 281 g/mol. The van der Waals surface area contributed by atoms with Crippen molar-refractivity contribution in [3.8, 4) is 5.88 Å². The highest BCUT2D eigenvalue weighted by atomic mass is 16.5. The molecule has 3 N–H and O–H groups in total. The number of carbonyl (C=O) groups excluding carboxylic acids is 1. The number of rotatable bonds is 6. The lowest BCUT2D eigenvalue weighted by molar-refractivity contribution is -0.140. The Labute approximate surface area is 117 Å². The number of urea groups is 1. The minimum absolute atomic E-state index is 0.194. The molecule has 0 aliphatic carbocycles. The zero-order valence-electron chi connectivity index (χ0n) is 11.7. The fourth-order valence-corrected chi connectivity index (χ4v) is 1.52. The molecule has 0 fully saturated rings. The minimum Gasteiger partial charge on any atom is -0.481 e. The highest BCUT2D eigenvalue weighted by Gasteiger charge is 2.23. The molecule has 110 valence electrons. The van der Waals surface area contributed by atoms with Gasteiger partial charge >= 0.3 is 12.0 Å². The number of aliphatic carboxylic acids is 1. The lowest BCUT2D eigenvalue weighted by atomic mass is 10.1. The molecule has 0 aliphatic heterocycles. The lowest BCUT2D eigenvalue weighted by Gasteiger charge is -2.18. The van der Waals surface area contributed by atoms with Gasteiger partial charge in [0, 0.05) is 18.8 Å². The molecule has 1 rings (SSSR count). The van der Waals surface area contributed by atoms with Crippen LogP contribution in [0.5, 0.6) is 5.88 Å². The van der Waals surface area contributed by atoms with Crippen LogP contribution in [0.4, 0.5) is 4.79 Å². The number of hydrogen-bond donors (Lipinski definition) is 3. The Bertz CT molecular complexity index is 459. The van der Waals surface area contributed by atoms with Crippen molar-refractivity contribution >= 4 is 12.0 Å². The molecule has 0 aromatic carbocycles. The van der Waals surface area contributed by atoms with Gasteiger partial charge in [-0.1, -0.05) is 19.9 Å². The molecule has 0 saturated carbocycles. The van der Waals surface area contributed by atoms with Gasteiger partial charge in [-0.05, 0) is 11.5 Å². The van der Waals surface area contributed by atoms with Gasteiger partial charge in [-0.3, -0.25) is 0 Å². The summed E-state index contributed by atoms with van der Waals surface area (Å²) in [7, 11) is 1.52. The molecule has 7 nitrogen and oxygen atoms in total. The van der Waals surface area contributed by atoms with Crippen LogP contribution >= 0.6 is 0 Å². The molecule has 2 amide bonds. The molecule has 1 aromatic rings. The van der Waals surface area contributed by atoms with Crippen molar-refractivity contribution in [2.75, 3.05) is 7.11 Å². The predicted molar refractivity (Wildman–Crippen MR) is 72.4 cm³/mol. The van der Waals surface area contributed by atoms with Crippen LogP contribution in [0.3, 0.4) is 0 Å². The Kier molecular flexibility index (Phi) is 5.76. The summed E-state index contributed by atoms with van der Waals surface area (Å²) in [4.78, 5) is 26.6. The third-order valence-electron chi connectivity index (χ3n) is 2.68. The second-order valence-corrected chi connectivity index (χ2v) is 4.60. The van der Waals surface area contributed by atoms with E-state index >= 15 is 0 Å². The van der Waals surface area contributed by atoms with Gasteiger partial charge < -0.3 is 20.5 Å². The van der Waals surface area contributed by atoms with Gasteiger partial charge in [0.15, 0.2) is 0 Å². The molecule has 0 unspecified atom stereocenters. The van der Waals surface area contributed by atoms with Gasteiger partial charge in [-0.25, -0.2) is 14.6 Å². The highest BCUT2D eigenvalue weighted by molar-refractivity contribution is 5.82. The number of carbonyl (C=O) groups is 2. The summed E-state index contributed by atoms with van der Waals surface area (Å²) >= 11 is 0. The zero-order valence-corrected chi connectivity index (χ0v) is 11.7. The Morgan fingerprint density at radius 1 is 1.40 bits per heavy atom. The van der Waals surface area contributed by atoms with Crippen LogP contribution < -0.4 is 15.4 Å². The Hall–Kier alpha value is -2.31. The molecular weight excluding hydrogens is 262 g/mol. The smallest absolute Gasteiger partial charge is 0.326 e. The predicted octanol–water partition coefficient (Wildman–Crippen LogP) is 0.999. The summed E-state index contributed by atoms with van der Waals surface area (Å²) in [6.45, 7) is 3.71. The van der Waals surface area contributed by atoms with Gasteiger partial charge in [0.1, 0.15) is 6.04 Å². The Balaban J connectivity index is 2.47. The molecule has 0 aliphatic rings. The topological polar surface area (TPSA) is 101 Å². The molecule has 0 radical (unpaired) electrons. The van der Waals surface area contributed by atoms with E-state index in [1.54, 1.807) is 32.2 Å². The van der Waals surface area contributed by atoms with E-state index < -0.39 is 18.0 Å². The fourth-order valence-electron chi connectivity index (χ4n) is 1.52. The number of nitrogens with zero attached hydrogens (tertiary/aromatic N) is 1. The number of aromatic nitrogens is 1. The molecule has 1 aromatic heterocycles. The van der Waals surface area contributed by atoms with Gasteiger partial charge in [-0.2, -0.15) is 0 Å². The van der Waals surface area contributed by atoms with Crippen LogP contribution in [0.15, 0.2) is 18.3 Å². The Morgan fingerprint density at radius 3 is 2.55 bits per heavy atom. The molecule has 20 heavy (non-hydrogen) atoms. The van der Waals surface area contributed by atoms with E-state index in [0.717, 1.165) is 5.56 Å². The van der Waals surface area contributed by atoms with Crippen molar-refractivity contribution in [2.45, 2.75) is 26.4 Å². The number of hydrogen-bond acceptors (Lipinski definition) is 4. The van der Waals surface area contributed by atoms with E-state index in [1.807, 2.05) is 0 Å². The normalized spacial score (nSPS) is 11.8. The van der Waals surface area contributed by atoms with Gasteiger partial charge in [0.05, 0.1) is 7.11 Å². The minimum atomic E-state index is -1.05. The molecular formula is C13H19N3O4. The molecule has 0 spiro atoms. The van der Waals surface area contributed by atoms with Gasteiger partial charge in [-0.15, -0.1) is 0 Å². The number of ether oxygens (including phenoxy) is 1. The van der Waals surface area contributed by atoms with E-state index in [-0.39, 0.29) is 12.5 Å². The number of pyridine rings is 1. The highest BCUT2D eigenvalue weighted by Crippen LogP contribution is 2.06. The van der Waals surface area contributed by atoms with E-state index in [0.29, 0.717) is 5.88 Å². The summed E-state index contributed by atoms with van der Waals surface area (Å²) in [5.41, 5.74) is 0.789. The van der Waals surface area contributed by atoms with Crippen molar-refractivity contribution in [2.24, 2.45) is 5.92 Å². The summed E-state index contributed by atoms with van der Waals surface area (Å²) in [5.74, 6) is -0.758. The van der Waals surface area contributed by atoms with Crippen molar-refractivity contribution in [1.29, 1.82) is 0 Å². The van der Waals surface area contributed by atoms with Gasteiger partial charge in [0.2, 0.25) is 5.88 Å². The standard InChI is InChI=1S/C13H19N3O4/c1-8(2)11(12(17)18)16-13(19)15-7-9-4-5-10(20-3)14-6-9/h4-6,8,11H,7H2,1-3H3,(H,17,18)(H2,15,16,19)/t11-/m1/s1. The maximum atomic E-state index is 11.6. The first-order valence-corrected chi connectivity index (χ1v) is 6.20. The van der Waals surface area contributed by atoms with Crippen LogP contribution in [-0.4, -0.2) is 35.2 Å². The first kappa shape index (κ1) is 15.7. The summed E-state index contributed by atoms with van der Waals surface area (Å²) in [6, 6.07) is 2.01. The number of nitrogens with one attached hydrogen (secondary N) is 2. The monoisotopic (exact) mass is 281 g/mol. The van der Waals surface area contributed by atoms with Gasteiger partial charge in [0.25, 0.3) is 0 Å². The van der Waals surface area contributed by atoms with Crippen molar-refractivity contribution in [1.82, 2.24) is 15.6 Å². The molecule has 0 bridgehead atoms. The first-order valence-electron chi connectivity index (χ1n) is 6.20. The summed E-state index contributed by atoms with van der Waals surface area (Å²) < 4.78 is 4.92. The van der Waals surface area contributed by atoms with Crippen LogP contribution in [0.2, 0.25) is 0 Å². The molecule has 0 saturated heterocycles. The summed E-state index contributed by atoms with van der Waals surface area (Å²) in [5, 5.41) is 14.0. The molecule has 1 heterocycles. The van der Waals surface area contributed by atoms with Crippen LogP contribution in [0.25, 0.3) is 0 Å². The van der Waals surface area contributed by atoms with E-state index in [4.69, 9.17) is 9.84 Å². The van der Waals surface area contributed by atoms with E-state index in [1.165, 1.54) is 7.11 Å². The zero-order chi connectivity index (χ0) is 15.1. The second-order valence-electron chi connectivity index (χ2n) is 4.60. The number of amides is 2. The third-order valence-corrected chi connectivity index (χ3v) is 2.68. The molecule has 7 heteroatoms. The molecule has 1 atom stereocenters. The van der Waals surface area contributed by atoms with Crippen LogP contribution in [0, 0.1) is 5.92 Å². The average Bonchev–Trinajstić information content (AvgIpc) is 2.42. The maximum absolute atomic E-state index is 11.6. The lowest BCUT2D eigenvalue weighted by Crippen LogP contribution is -2.48.